The molecule has 14 heavy (non-hydrogen) atoms. The van der Waals surface area contributed by atoms with Crippen molar-refractivity contribution in [1.82, 2.24) is 5.32 Å². The first-order chi connectivity index (χ1) is 6.74. The van der Waals surface area contributed by atoms with Crippen molar-refractivity contribution in [2.24, 2.45) is 0 Å². The maximum Gasteiger partial charge on any atom is 0.0440 e. The summed E-state index contributed by atoms with van der Waals surface area (Å²) in [4.78, 5) is 0. The molecule has 1 N–H and O–H groups in total. The Kier molecular flexibility index (Phi) is 4.99. The second kappa shape index (κ2) is 6.05. The Hall–Kier alpha value is -0.530. The highest BCUT2D eigenvalue weighted by Crippen LogP contribution is 2.19. The predicted octanol–water partition coefficient (Wildman–Crippen LogP) is 3.19. The molecular weight excluding hydrogens is 194 g/mol. The number of hydrogen-bond donors (Lipinski definition) is 1. The van der Waals surface area contributed by atoms with Crippen LogP contribution in [0.25, 0.3) is 0 Å². The van der Waals surface area contributed by atoms with Gasteiger partial charge in [0.05, 0.1) is 0 Å². The van der Waals surface area contributed by atoms with Crippen molar-refractivity contribution in [1.29, 1.82) is 0 Å². The lowest BCUT2D eigenvalue weighted by atomic mass is 10.1. The molecule has 0 fully saturated rings. The van der Waals surface area contributed by atoms with Crippen molar-refractivity contribution in [3.8, 4) is 0 Å². The lowest BCUT2D eigenvalue weighted by molar-refractivity contribution is 0.677. The highest BCUT2D eigenvalue weighted by atomic mass is 35.5. The summed E-state index contributed by atoms with van der Waals surface area (Å²) in [6.45, 7) is 3.15. The van der Waals surface area contributed by atoms with Crippen molar-refractivity contribution in [2.75, 3.05) is 13.6 Å². The molecule has 2 heteroatoms. The molecule has 0 radical (unpaired) electrons. The Morgan fingerprint density at radius 2 is 2.07 bits per heavy atom. The lowest BCUT2D eigenvalue weighted by Gasteiger charge is -2.05. The van der Waals surface area contributed by atoms with Gasteiger partial charge in [0.2, 0.25) is 0 Å². The zero-order chi connectivity index (χ0) is 10.4. The van der Waals surface area contributed by atoms with Crippen molar-refractivity contribution in [3.05, 3.63) is 34.3 Å². The molecule has 0 aliphatic carbocycles. The summed E-state index contributed by atoms with van der Waals surface area (Å²) in [6.07, 6.45) is 3.49. The number of benzene rings is 1. The van der Waals surface area contributed by atoms with Crippen molar-refractivity contribution >= 4 is 11.6 Å². The number of aryl methyl sites for hydroxylation is 2. The number of hydrogen-bond acceptors (Lipinski definition) is 1. The second-order valence-electron chi connectivity index (χ2n) is 3.66. The minimum absolute atomic E-state index is 0.912. The normalized spacial score (nSPS) is 10.5. The maximum absolute atomic E-state index is 6.13. The third-order valence-corrected chi connectivity index (χ3v) is 2.68. The summed E-state index contributed by atoms with van der Waals surface area (Å²) >= 11 is 6.13. The SMILES string of the molecule is CNCCCCc1ccc(C)cc1Cl. The largest absolute Gasteiger partial charge is 0.320 e. The summed E-state index contributed by atoms with van der Waals surface area (Å²) in [5.74, 6) is 0. The van der Waals surface area contributed by atoms with Gasteiger partial charge in [-0.1, -0.05) is 23.7 Å². The lowest BCUT2D eigenvalue weighted by Crippen LogP contribution is -2.07. The fraction of sp³-hybridized carbons (Fsp3) is 0.500. The average molecular weight is 212 g/mol. The number of unbranched alkanes of at least 4 members (excludes halogenated alkanes) is 1. The zero-order valence-electron chi connectivity index (χ0n) is 8.94. The Bertz CT molecular complexity index is 284. The van der Waals surface area contributed by atoms with Crippen LogP contribution in [0.5, 0.6) is 0 Å². The highest BCUT2D eigenvalue weighted by molar-refractivity contribution is 6.31. The van der Waals surface area contributed by atoms with Gasteiger partial charge in [-0.25, -0.2) is 0 Å². The topological polar surface area (TPSA) is 12.0 Å². The van der Waals surface area contributed by atoms with Gasteiger partial charge in [-0.2, -0.15) is 0 Å². The molecule has 0 bridgehead atoms. The summed E-state index contributed by atoms with van der Waals surface area (Å²) in [7, 11) is 1.98. The highest BCUT2D eigenvalue weighted by Gasteiger charge is 1.99. The third kappa shape index (κ3) is 3.69. The molecule has 0 atom stereocenters. The van der Waals surface area contributed by atoms with E-state index in [4.69, 9.17) is 11.6 Å². The molecule has 0 aliphatic rings. The van der Waals surface area contributed by atoms with Crippen molar-refractivity contribution in [3.63, 3.8) is 0 Å². The van der Waals surface area contributed by atoms with E-state index in [0.29, 0.717) is 0 Å². The van der Waals surface area contributed by atoms with E-state index in [-0.39, 0.29) is 0 Å². The molecule has 78 valence electrons. The van der Waals surface area contributed by atoms with E-state index < -0.39 is 0 Å². The zero-order valence-corrected chi connectivity index (χ0v) is 9.69. The van der Waals surface area contributed by atoms with Gasteiger partial charge in [0.15, 0.2) is 0 Å². The van der Waals surface area contributed by atoms with Gasteiger partial charge in [-0.15, -0.1) is 0 Å². The van der Waals surface area contributed by atoms with E-state index in [1.165, 1.54) is 24.0 Å². The molecule has 0 amide bonds. The van der Waals surface area contributed by atoms with E-state index in [9.17, 15) is 0 Å². The van der Waals surface area contributed by atoms with Crippen LogP contribution in [0.2, 0.25) is 5.02 Å². The smallest absolute Gasteiger partial charge is 0.0440 e. The van der Waals surface area contributed by atoms with E-state index in [0.717, 1.165) is 18.0 Å². The Balaban J connectivity index is 2.42. The number of rotatable bonds is 5. The van der Waals surface area contributed by atoms with Crippen LogP contribution in [0.15, 0.2) is 18.2 Å². The van der Waals surface area contributed by atoms with Crippen LogP contribution in [-0.4, -0.2) is 13.6 Å². The molecule has 0 spiro atoms. The Labute approximate surface area is 91.5 Å². The number of nitrogens with one attached hydrogen (secondary N) is 1. The predicted molar refractivity (Wildman–Crippen MR) is 63.1 cm³/mol. The van der Waals surface area contributed by atoms with Gasteiger partial charge in [-0.05, 0) is 57.0 Å². The Morgan fingerprint density at radius 3 is 2.71 bits per heavy atom. The molecule has 1 nitrogen and oxygen atoms in total. The molecule has 0 heterocycles. The minimum atomic E-state index is 0.912. The summed E-state index contributed by atoms with van der Waals surface area (Å²) in [5.41, 5.74) is 2.50. The average Bonchev–Trinajstić information content (AvgIpc) is 2.15. The monoisotopic (exact) mass is 211 g/mol. The first-order valence-corrected chi connectivity index (χ1v) is 5.51. The molecule has 0 saturated heterocycles. The maximum atomic E-state index is 6.13. The van der Waals surface area contributed by atoms with Crippen LogP contribution >= 0.6 is 11.6 Å². The van der Waals surface area contributed by atoms with Crippen molar-refractivity contribution in [2.45, 2.75) is 26.2 Å². The summed E-state index contributed by atoms with van der Waals surface area (Å²) in [6, 6.07) is 6.30. The second-order valence-corrected chi connectivity index (χ2v) is 4.06. The molecule has 1 aromatic rings. The van der Waals surface area contributed by atoms with Crippen LogP contribution in [0.4, 0.5) is 0 Å². The molecule has 1 aromatic carbocycles. The van der Waals surface area contributed by atoms with Gasteiger partial charge in [-0.3, -0.25) is 0 Å². The van der Waals surface area contributed by atoms with Gasteiger partial charge >= 0.3 is 0 Å². The molecular formula is C12H18ClN. The van der Waals surface area contributed by atoms with E-state index >= 15 is 0 Å². The van der Waals surface area contributed by atoms with Gasteiger partial charge in [0.1, 0.15) is 0 Å². The van der Waals surface area contributed by atoms with Gasteiger partial charge in [0, 0.05) is 5.02 Å². The van der Waals surface area contributed by atoms with Gasteiger partial charge < -0.3 is 5.32 Å². The standard InChI is InChI=1S/C12H18ClN/c1-10-6-7-11(12(13)9-10)5-3-4-8-14-2/h6-7,9,14H,3-5,8H2,1-2H3. The molecule has 0 unspecified atom stereocenters. The Morgan fingerprint density at radius 1 is 1.29 bits per heavy atom. The fourth-order valence-electron chi connectivity index (χ4n) is 1.47. The molecule has 1 rings (SSSR count). The van der Waals surface area contributed by atoms with Crippen LogP contribution in [0, 0.1) is 6.92 Å². The number of halogens is 1. The molecule has 0 saturated carbocycles. The first-order valence-electron chi connectivity index (χ1n) is 5.13. The van der Waals surface area contributed by atoms with Crippen molar-refractivity contribution < 1.29 is 0 Å². The van der Waals surface area contributed by atoms with E-state index in [1.54, 1.807) is 0 Å². The third-order valence-electron chi connectivity index (χ3n) is 2.33. The summed E-state index contributed by atoms with van der Waals surface area (Å²) in [5, 5.41) is 4.06. The molecule has 0 aromatic heterocycles. The van der Waals surface area contributed by atoms with Crippen LogP contribution in [-0.2, 0) is 6.42 Å². The molecule has 0 aliphatic heterocycles. The van der Waals surface area contributed by atoms with E-state index in [2.05, 4.69) is 24.4 Å². The minimum Gasteiger partial charge on any atom is -0.320 e. The quantitative estimate of drug-likeness (QED) is 0.738. The first kappa shape index (κ1) is 11.5. The van der Waals surface area contributed by atoms with Crippen LogP contribution < -0.4 is 5.32 Å². The van der Waals surface area contributed by atoms with Crippen LogP contribution in [0.3, 0.4) is 0 Å². The van der Waals surface area contributed by atoms with E-state index in [1.807, 2.05) is 13.1 Å². The van der Waals surface area contributed by atoms with Gasteiger partial charge in [0.25, 0.3) is 0 Å². The summed E-state index contributed by atoms with van der Waals surface area (Å²) < 4.78 is 0. The van der Waals surface area contributed by atoms with Crippen LogP contribution in [0.1, 0.15) is 24.0 Å². The fourth-order valence-corrected chi connectivity index (χ4v) is 1.80.